The van der Waals surface area contributed by atoms with Crippen molar-refractivity contribution in [1.29, 1.82) is 0 Å². The second-order valence-electron chi connectivity index (χ2n) is 5.69. The summed E-state index contributed by atoms with van der Waals surface area (Å²) in [7, 11) is 0. The Hall–Kier alpha value is -3.24. The van der Waals surface area contributed by atoms with Gasteiger partial charge in [-0.2, -0.15) is 13.2 Å². The molecule has 142 valence electrons. The fourth-order valence-corrected chi connectivity index (χ4v) is 2.37. The molecule has 27 heavy (non-hydrogen) atoms. The minimum atomic E-state index is -4.54. The van der Waals surface area contributed by atoms with Crippen LogP contribution in [0.5, 0.6) is 0 Å². The van der Waals surface area contributed by atoms with Crippen molar-refractivity contribution < 1.29 is 22.4 Å². The summed E-state index contributed by atoms with van der Waals surface area (Å²) >= 11 is 0. The number of halogens is 4. The molecular weight excluding hydrogens is 368 g/mol. The van der Waals surface area contributed by atoms with Crippen molar-refractivity contribution in [2.24, 2.45) is 0 Å². The van der Waals surface area contributed by atoms with Crippen molar-refractivity contribution in [3.8, 4) is 11.4 Å². The van der Waals surface area contributed by atoms with Crippen molar-refractivity contribution in [3.05, 3.63) is 36.5 Å². The van der Waals surface area contributed by atoms with Crippen LogP contribution in [0.3, 0.4) is 0 Å². The lowest BCUT2D eigenvalue weighted by atomic mass is 10.2. The summed E-state index contributed by atoms with van der Waals surface area (Å²) in [5.41, 5.74) is 1.17. The van der Waals surface area contributed by atoms with E-state index < -0.39 is 30.5 Å². The first-order valence-electron chi connectivity index (χ1n) is 7.80. The maximum absolute atomic E-state index is 14.0. The van der Waals surface area contributed by atoms with Crippen LogP contribution in [0.4, 0.5) is 23.4 Å². The highest BCUT2D eigenvalue weighted by Crippen LogP contribution is 2.25. The molecule has 0 radical (unpaired) electrons. The molecule has 3 N–H and O–H groups in total. The summed E-state index contributed by atoms with van der Waals surface area (Å²) in [5.74, 6) is -1.90. The number of rotatable bonds is 5. The lowest BCUT2D eigenvalue weighted by Gasteiger charge is -2.16. The van der Waals surface area contributed by atoms with Crippen molar-refractivity contribution in [2.45, 2.75) is 19.1 Å². The van der Waals surface area contributed by atoms with Crippen LogP contribution in [0, 0.1) is 5.82 Å². The molecule has 3 rings (SSSR count). The molecule has 11 heteroatoms. The fraction of sp³-hybridized carbons (Fsp3) is 0.250. The Bertz CT molecular complexity index is 971. The Balaban J connectivity index is 1.82. The first-order chi connectivity index (χ1) is 12.7. The van der Waals surface area contributed by atoms with Crippen molar-refractivity contribution in [2.75, 3.05) is 11.9 Å². The zero-order chi connectivity index (χ0) is 19.6. The average molecular weight is 382 g/mol. The molecule has 3 aromatic rings. The van der Waals surface area contributed by atoms with E-state index in [1.807, 2.05) is 0 Å². The number of anilines is 1. The summed E-state index contributed by atoms with van der Waals surface area (Å²) in [6.07, 6.45) is -0.409. The van der Waals surface area contributed by atoms with E-state index >= 15 is 0 Å². The number of H-pyrrole nitrogens is 1. The van der Waals surface area contributed by atoms with E-state index in [0.717, 1.165) is 6.20 Å². The normalized spacial score (nSPS) is 12.8. The second-order valence-corrected chi connectivity index (χ2v) is 5.69. The number of hydrogen-bond acceptors (Lipinski definition) is 5. The molecule has 0 fully saturated rings. The van der Waals surface area contributed by atoms with Gasteiger partial charge in [-0.25, -0.2) is 19.3 Å². The summed E-state index contributed by atoms with van der Waals surface area (Å²) in [4.78, 5) is 26.8. The van der Waals surface area contributed by atoms with E-state index in [0.29, 0.717) is 16.6 Å². The van der Waals surface area contributed by atoms with Gasteiger partial charge in [0.15, 0.2) is 17.5 Å². The topological polar surface area (TPSA) is 95.6 Å². The van der Waals surface area contributed by atoms with E-state index in [2.05, 4.69) is 25.3 Å². The Morgan fingerprint density at radius 3 is 2.81 bits per heavy atom. The number of nitrogens with zero attached hydrogens (tertiary/aromatic N) is 3. The van der Waals surface area contributed by atoms with Crippen LogP contribution in [0.2, 0.25) is 0 Å². The molecule has 0 saturated heterocycles. The quantitative estimate of drug-likeness (QED) is 0.590. The monoisotopic (exact) mass is 382 g/mol. The fourth-order valence-electron chi connectivity index (χ4n) is 2.37. The average Bonchev–Trinajstić information content (AvgIpc) is 3.09. The van der Waals surface area contributed by atoms with Crippen LogP contribution in [0.15, 0.2) is 30.7 Å². The number of hydrogen-bond donors (Lipinski definition) is 3. The molecule has 0 aliphatic heterocycles. The summed E-state index contributed by atoms with van der Waals surface area (Å²) in [5, 5.41) is 4.91. The molecule has 0 aliphatic rings. The smallest absolute Gasteiger partial charge is 0.356 e. The summed E-state index contributed by atoms with van der Waals surface area (Å²) in [6, 6.07) is 2.26. The number of nitrogens with one attached hydrogen (secondary N) is 3. The molecule has 1 amide bonds. The summed E-state index contributed by atoms with van der Waals surface area (Å²) in [6.45, 7) is -0.179. The largest absolute Gasteiger partial charge is 0.405 e. The molecule has 0 spiro atoms. The maximum Gasteiger partial charge on any atom is 0.405 e. The highest BCUT2D eigenvalue weighted by molar-refractivity contribution is 5.91. The van der Waals surface area contributed by atoms with Gasteiger partial charge >= 0.3 is 6.18 Å². The Morgan fingerprint density at radius 2 is 2.07 bits per heavy atom. The molecule has 0 aromatic carbocycles. The minimum Gasteiger partial charge on any atom is -0.356 e. The SMILES string of the molecule is C[C@@H](Nc1nc(-c2ccnc3[nH]ccc23)ncc1F)C(=O)NCC(F)(F)F. The third-order valence-electron chi connectivity index (χ3n) is 3.65. The number of amides is 1. The van der Waals surface area contributed by atoms with Gasteiger partial charge in [0.25, 0.3) is 0 Å². The van der Waals surface area contributed by atoms with Gasteiger partial charge in [0.05, 0.1) is 6.20 Å². The number of aromatic amines is 1. The van der Waals surface area contributed by atoms with Gasteiger partial charge in [-0.1, -0.05) is 0 Å². The lowest BCUT2D eigenvalue weighted by Crippen LogP contribution is -2.42. The number of alkyl halides is 3. The van der Waals surface area contributed by atoms with Crippen molar-refractivity contribution in [1.82, 2.24) is 25.3 Å². The van der Waals surface area contributed by atoms with Gasteiger partial charge in [0.1, 0.15) is 18.2 Å². The zero-order valence-electron chi connectivity index (χ0n) is 13.9. The van der Waals surface area contributed by atoms with Gasteiger partial charge in [-0.05, 0) is 19.1 Å². The molecule has 3 heterocycles. The van der Waals surface area contributed by atoms with Crippen LogP contribution in [0.1, 0.15) is 6.92 Å². The highest BCUT2D eigenvalue weighted by atomic mass is 19.4. The molecule has 3 aromatic heterocycles. The van der Waals surface area contributed by atoms with Gasteiger partial charge in [0.2, 0.25) is 5.91 Å². The van der Waals surface area contributed by atoms with Crippen molar-refractivity contribution in [3.63, 3.8) is 0 Å². The highest BCUT2D eigenvalue weighted by Gasteiger charge is 2.29. The summed E-state index contributed by atoms with van der Waals surface area (Å²) < 4.78 is 50.6. The molecule has 7 nitrogen and oxygen atoms in total. The standard InChI is InChI=1S/C16H14F4N6O/c1-8(15(27)24-7-16(18,19)20)25-14-11(17)6-23-13(26-14)10-3-5-22-12-9(10)2-4-21-12/h2-6,8H,7H2,1H3,(H,21,22)(H,24,27)(H,23,25,26)/t8-/m1/s1. The number of fused-ring (bicyclic) bond motifs is 1. The Labute approximate surface area is 150 Å². The molecule has 0 saturated carbocycles. The number of aromatic nitrogens is 4. The minimum absolute atomic E-state index is 0.175. The lowest BCUT2D eigenvalue weighted by molar-refractivity contribution is -0.138. The van der Waals surface area contributed by atoms with Crippen LogP contribution < -0.4 is 10.6 Å². The molecule has 1 atom stereocenters. The third kappa shape index (κ3) is 4.30. The van der Waals surface area contributed by atoms with Gasteiger partial charge in [-0.15, -0.1) is 0 Å². The predicted molar refractivity (Wildman–Crippen MR) is 89.2 cm³/mol. The van der Waals surface area contributed by atoms with Crippen LogP contribution in [-0.2, 0) is 4.79 Å². The van der Waals surface area contributed by atoms with Crippen LogP contribution in [0.25, 0.3) is 22.4 Å². The van der Waals surface area contributed by atoms with Gasteiger partial charge in [0, 0.05) is 23.3 Å². The van der Waals surface area contributed by atoms with E-state index in [9.17, 15) is 22.4 Å². The number of pyridine rings is 1. The molecule has 0 aliphatic carbocycles. The third-order valence-corrected chi connectivity index (χ3v) is 3.65. The van der Waals surface area contributed by atoms with Crippen molar-refractivity contribution >= 4 is 22.8 Å². The molecule has 0 bridgehead atoms. The first kappa shape index (κ1) is 18.5. The number of carbonyl (C=O) groups is 1. The van der Waals surface area contributed by atoms with Crippen LogP contribution >= 0.6 is 0 Å². The molecule has 0 unspecified atom stereocenters. The molecular formula is C16H14F4N6O. The predicted octanol–water partition coefficient (Wildman–Crippen LogP) is 2.64. The van der Waals surface area contributed by atoms with E-state index in [4.69, 9.17) is 0 Å². The second kappa shape index (κ2) is 7.17. The van der Waals surface area contributed by atoms with Crippen LogP contribution in [-0.4, -0.2) is 44.6 Å². The number of carbonyl (C=O) groups excluding carboxylic acids is 1. The maximum atomic E-state index is 14.0. The van der Waals surface area contributed by atoms with E-state index in [1.165, 1.54) is 13.1 Å². The Kier molecular flexibility index (Phi) is 4.93. The van der Waals surface area contributed by atoms with Gasteiger partial charge < -0.3 is 15.6 Å². The Morgan fingerprint density at radius 1 is 1.30 bits per heavy atom. The first-order valence-corrected chi connectivity index (χ1v) is 7.80. The van der Waals surface area contributed by atoms with E-state index in [1.54, 1.807) is 23.6 Å². The van der Waals surface area contributed by atoms with E-state index in [-0.39, 0.29) is 11.6 Å². The van der Waals surface area contributed by atoms with Gasteiger partial charge in [-0.3, -0.25) is 4.79 Å². The zero-order valence-corrected chi connectivity index (χ0v) is 13.9.